The van der Waals surface area contributed by atoms with Gasteiger partial charge in [0.25, 0.3) is 0 Å². The molecule has 16 heavy (non-hydrogen) atoms. The Labute approximate surface area is 103 Å². The van der Waals surface area contributed by atoms with Gasteiger partial charge < -0.3 is 9.47 Å². The van der Waals surface area contributed by atoms with Crippen molar-refractivity contribution in [1.82, 2.24) is 0 Å². The van der Waals surface area contributed by atoms with Gasteiger partial charge in [0.05, 0.1) is 0 Å². The standard InChI is InChI=1S/C12H11BrO3/c1-3-6-15-12-7-10(8-13)4-5-11(12)16-9(2)14/h1,4-5,7H,6,8H2,2H3. The molecule has 0 aliphatic heterocycles. The Morgan fingerprint density at radius 1 is 1.50 bits per heavy atom. The largest absolute Gasteiger partial charge is 0.477 e. The van der Waals surface area contributed by atoms with Crippen molar-refractivity contribution in [3.8, 4) is 23.8 Å². The highest BCUT2D eigenvalue weighted by Crippen LogP contribution is 2.29. The maximum absolute atomic E-state index is 10.9. The van der Waals surface area contributed by atoms with E-state index in [0.717, 1.165) is 5.56 Å². The van der Waals surface area contributed by atoms with Crippen molar-refractivity contribution in [2.24, 2.45) is 0 Å². The third-order valence-corrected chi connectivity index (χ3v) is 2.37. The van der Waals surface area contributed by atoms with Crippen LogP contribution in [0.15, 0.2) is 18.2 Å². The lowest BCUT2D eigenvalue weighted by molar-refractivity contribution is -0.132. The van der Waals surface area contributed by atoms with Gasteiger partial charge in [-0.05, 0) is 17.7 Å². The Balaban J connectivity index is 2.96. The normalized spacial score (nSPS) is 9.31. The number of hydrogen-bond acceptors (Lipinski definition) is 3. The lowest BCUT2D eigenvalue weighted by Gasteiger charge is -2.10. The molecular formula is C12H11BrO3. The van der Waals surface area contributed by atoms with Crippen molar-refractivity contribution in [3.63, 3.8) is 0 Å². The number of alkyl halides is 1. The fourth-order valence-electron chi connectivity index (χ4n) is 1.11. The minimum atomic E-state index is -0.392. The van der Waals surface area contributed by atoms with E-state index >= 15 is 0 Å². The fourth-order valence-corrected chi connectivity index (χ4v) is 1.46. The molecular weight excluding hydrogens is 272 g/mol. The van der Waals surface area contributed by atoms with Gasteiger partial charge in [0, 0.05) is 12.3 Å². The molecule has 0 unspecified atom stereocenters. The summed E-state index contributed by atoms with van der Waals surface area (Å²) >= 11 is 3.33. The Morgan fingerprint density at radius 3 is 2.81 bits per heavy atom. The van der Waals surface area contributed by atoms with Gasteiger partial charge in [0.15, 0.2) is 11.5 Å². The maximum atomic E-state index is 10.9. The number of benzene rings is 1. The Bertz CT molecular complexity index is 421. The van der Waals surface area contributed by atoms with Crippen LogP contribution in [0.25, 0.3) is 0 Å². The second kappa shape index (κ2) is 6.19. The predicted octanol–water partition coefficient (Wildman–Crippen LogP) is 2.52. The van der Waals surface area contributed by atoms with Crippen molar-refractivity contribution in [1.29, 1.82) is 0 Å². The molecule has 0 saturated heterocycles. The Hall–Kier alpha value is -1.47. The van der Waals surface area contributed by atoms with Gasteiger partial charge in [-0.15, -0.1) is 6.42 Å². The molecule has 84 valence electrons. The molecule has 0 atom stereocenters. The van der Waals surface area contributed by atoms with E-state index < -0.39 is 5.97 Å². The second-order valence-electron chi connectivity index (χ2n) is 3.00. The first-order valence-corrected chi connectivity index (χ1v) is 5.73. The molecule has 0 bridgehead atoms. The van der Waals surface area contributed by atoms with Crippen molar-refractivity contribution >= 4 is 21.9 Å². The average Bonchev–Trinajstić information content (AvgIpc) is 2.27. The number of ether oxygens (including phenoxy) is 2. The number of esters is 1. The highest BCUT2D eigenvalue weighted by Gasteiger charge is 2.08. The van der Waals surface area contributed by atoms with E-state index in [1.807, 2.05) is 6.07 Å². The van der Waals surface area contributed by atoms with E-state index in [0.29, 0.717) is 16.8 Å². The van der Waals surface area contributed by atoms with Crippen LogP contribution in [0.3, 0.4) is 0 Å². The van der Waals surface area contributed by atoms with Gasteiger partial charge in [0.1, 0.15) is 6.61 Å². The first-order valence-electron chi connectivity index (χ1n) is 4.61. The minimum Gasteiger partial charge on any atom is -0.477 e. The SMILES string of the molecule is C#CCOc1cc(CBr)ccc1OC(C)=O. The lowest BCUT2D eigenvalue weighted by atomic mass is 10.2. The van der Waals surface area contributed by atoms with Crippen LogP contribution in [-0.2, 0) is 10.1 Å². The molecule has 0 fully saturated rings. The van der Waals surface area contributed by atoms with Gasteiger partial charge in [-0.2, -0.15) is 0 Å². The number of hydrogen-bond donors (Lipinski definition) is 0. The molecule has 0 N–H and O–H groups in total. The summed E-state index contributed by atoms with van der Waals surface area (Å²) in [5.74, 6) is 2.83. The van der Waals surface area contributed by atoms with E-state index in [4.69, 9.17) is 15.9 Å². The number of carbonyl (C=O) groups is 1. The van der Waals surface area contributed by atoms with E-state index in [-0.39, 0.29) is 6.61 Å². The topological polar surface area (TPSA) is 35.5 Å². The molecule has 0 spiro atoms. The summed E-state index contributed by atoms with van der Waals surface area (Å²) in [7, 11) is 0. The average molecular weight is 283 g/mol. The van der Waals surface area contributed by atoms with Crippen LogP contribution in [0, 0.1) is 12.3 Å². The van der Waals surface area contributed by atoms with Crippen LogP contribution in [-0.4, -0.2) is 12.6 Å². The molecule has 3 nitrogen and oxygen atoms in total. The number of terminal acetylenes is 1. The molecule has 1 aromatic rings. The number of rotatable bonds is 4. The maximum Gasteiger partial charge on any atom is 0.308 e. The molecule has 0 radical (unpaired) electrons. The minimum absolute atomic E-state index is 0.139. The highest BCUT2D eigenvalue weighted by atomic mass is 79.9. The number of carbonyl (C=O) groups excluding carboxylic acids is 1. The molecule has 4 heteroatoms. The van der Waals surface area contributed by atoms with Crippen LogP contribution in [0.4, 0.5) is 0 Å². The Kier molecular flexibility index (Phi) is 4.87. The van der Waals surface area contributed by atoms with Gasteiger partial charge in [-0.25, -0.2) is 0 Å². The van der Waals surface area contributed by atoms with Crippen molar-refractivity contribution in [2.45, 2.75) is 12.3 Å². The van der Waals surface area contributed by atoms with Crippen molar-refractivity contribution in [3.05, 3.63) is 23.8 Å². The highest BCUT2D eigenvalue weighted by molar-refractivity contribution is 9.08. The summed E-state index contributed by atoms with van der Waals surface area (Å²) in [6, 6.07) is 5.31. The fraction of sp³-hybridized carbons (Fsp3) is 0.250. The van der Waals surface area contributed by atoms with Crippen LogP contribution in [0.2, 0.25) is 0 Å². The van der Waals surface area contributed by atoms with E-state index in [9.17, 15) is 4.79 Å². The van der Waals surface area contributed by atoms with Crippen LogP contribution < -0.4 is 9.47 Å². The number of halogens is 1. The van der Waals surface area contributed by atoms with Gasteiger partial charge >= 0.3 is 5.97 Å². The molecule has 0 saturated carbocycles. The van der Waals surface area contributed by atoms with Crippen LogP contribution in [0.5, 0.6) is 11.5 Å². The predicted molar refractivity (Wildman–Crippen MR) is 64.7 cm³/mol. The third kappa shape index (κ3) is 3.59. The van der Waals surface area contributed by atoms with E-state index in [1.54, 1.807) is 12.1 Å². The molecule has 0 aliphatic rings. The Morgan fingerprint density at radius 2 is 2.25 bits per heavy atom. The molecule has 1 rings (SSSR count). The zero-order valence-electron chi connectivity index (χ0n) is 8.83. The first kappa shape index (κ1) is 12.6. The summed E-state index contributed by atoms with van der Waals surface area (Å²) in [6.45, 7) is 1.48. The molecule has 0 heterocycles. The van der Waals surface area contributed by atoms with Crippen molar-refractivity contribution < 1.29 is 14.3 Å². The smallest absolute Gasteiger partial charge is 0.308 e. The summed E-state index contributed by atoms with van der Waals surface area (Å²) in [4.78, 5) is 10.9. The zero-order chi connectivity index (χ0) is 12.0. The van der Waals surface area contributed by atoms with E-state index in [2.05, 4.69) is 21.9 Å². The van der Waals surface area contributed by atoms with Crippen molar-refractivity contribution in [2.75, 3.05) is 6.61 Å². The lowest BCUT2D eigenvalue weighted by Crippen LogP contribution is -2.04. The zero-order valence-corrected chi connectivity index (χ0v) is 10.4. The summed E-state index contributed by atoms with van der Waals surface area (Å²) in [6.07, 6.45) is 5.11. The van der Waals surface area contributed by atoms with Crippen LogP contribution >= 0.6 is 15.9 Å². The summed E-state index contributed by atoms with van der Waals surface area (Å²) < 4.78 is 10.3. The first-order chi connectivity index (χ1) is 7.67. The molecule has 1 aromatic carbocycles. The van der Waals surface area contributed by atoms with E-state index in [1.165, 1.54) is 6.92 Å². The summed E-state index contributed by atoms with van der Waals surface area (Å²) in [5, 5.41) is 0.694. The molecule has 0 aromatic heterocycles. The second-order valence-corrected chi connectivity index (χ2v) is 3.56. The molecule has 0 amide bonds. The van der Waals surface area contributed by atoms with Crippen LogP contribution in [0.1, 0.15) is 12.5 Å². The third-order valence-electron chi connectivity index (χ3n) is 1.73. The monoisotopic (exact) mass is 282 g/mol. The van der Waals surface area contributed by atoms with Gasteiger partial charge in [0.2, 0.25) is 0 Å². The quantitative estimate of drug-likeness (QED) is 0.368. The van der Waals surface area contributed by atoms with Gasteiger partial charge in [-0.1, -0.05) is 27.9 Å². The molecule has 0 aliphatic carbocycles. The summed E-state index contributed by atoms with van der Waals surface area (Å²) in [5.41, 5.74) is 1.02. The van der Waals surface area contributed by atoms with Gasteiger partial charge in [-0.3, -0.25) is 4.79 Å².